The monoisotopic (exact) mass is 304 g/mol. The topological polar surface area (TPSA) is 98.4 Å². The fraction of sp³-hybridized carbons (Fsp3) is 0.333. The van der Waals surface area contributed by atoms with Crippen LogP contribution in [0.5, 0.6) is 0 Å². The van der Waals surface area contributed by atoms with Crippen LogP contribution in [0, 0.1) is 0 Å². The molecule has 7 heteroatoms. The Morgan fingerprint density at radius 1 is 1.41 bits per heavy atom. The van der Waals surface area contributed by atoms with Crippen molar-refractivity contribution in [2.45, 2.75) is 32.2 Å². The zero-order valence-corrected chi connectivity index (χ0v) is 12.1. The zero-order valence-electron chi connectivity index (χ0n) is 12.1. The zero-order chi connectivity index (χ0) is 16.1. The number of nitrogens with zero attached hydrogens (tertiary/aromatic N) is 1. The van der Waals surface area contributed by atoms with Crippen LogP contribution in [0.1, 0.15) is 31.4 Å². The number of nitrogens with one attached hydrogen (secondary N) is 1. The Labute approximate surface area is 125 Å². The maximum atomic E-state index is 12.1. The molecule has 0 bridgehead atoms. The van der Waals surface area contributed by atoms with Crippen LogP contribution in [-0.2, 0) is 20.8 Å². The lowest BCUT2D eigenvalue weighted by Gasteiger charge is -2.15. The van der Waals surface area contributed by atoms with Gasteiger partial charge in [-0.1, -0.05) is 19.4 Å². The van der Waals surface area contributed by atoms with E-state index < -0.39 is 17.7 Å². The van der Waals surface area contributed by atoms with Crippen LogP contribution in [0.15, 0.2) is 27.4 Å². The van der Waals surface area contributed by atoms with Gasteiger partial charge in [0, 0.05) is 6.42 Å². The molecule has 0 saturated heterocycles. The summed E-state index contributed by atoms with van der Waals surface area (Å²) in [6.07, 6.45) is 2.31. The van der Waals surface area contributed by atoms with Gasteiger partial charge in [0.25, 0.3) is 0 Å². The van der Waals surface area contributed by atoms with Gasteiger partial charge in [0.05, 0.1) is 5.52 Å². The number of aldehydes is 1. The predicted octanol–water partition coefficient (Wildman–Crippen LogP) is 0.950. The molecule has 0 aliphatic rings. The van der Waals surface area contributed by atoms with Gasteiger partial charge in [-0.2, -0.15) is 0 Å². The van der Waals surface area contributed by atoms with Crippen molar-refractivity contribution in [1.82, 2.24) is 9.88 Å². The largest absolute Gasteiger partial charge is 0.420 e. The second kappa shape index (κ2) is 6.84. The molecule has 1 aromatic carbocycles. The first kappa shape index (κ1) is 15.7. The molecule has 7 nitrogen and oxygen atoms in total. The molecule has 0 aliphatic heterocycles. The lowest BCUT2D eigenvalue weighted by Crippen LogP contribution is -2.35. The SMILES string of the molecule is CCCC(C(=O)NC=O)n1c(=O)oc2cc(CC=O)ccc21. The third-order valence-corrected chi connectivity index (χ3v) is 3.37. The standard InChI is InChI=1S/C15H16N2O5/c1-2-3-12(14(20)16-9-19)17-11-5-4-10(6-7-18)8-13(11)22-15(17)21/h4-5,7-9,12H,2-3,6H2,1H3,(H,16,19,20). The number of carbonyl (C=O) groups excluding carboxylic acids is 3. The van der Waals surface area contributed by atoms with E-state index in [0.29, 0.717) is 35.9 Å². The van der Waals surface area contributed by atoms with Crippen LogP contribution >= 0.6 is 0 Å². The Morgan fingerprint density at radius 2 is 2.18 bits per heavy atom. The van der Waals surface area contributed by atoms with E-state index in [1.807, 2.05) is 6.92 Å². The summed E-state index contributed by atoms with van der Waals surface area (Å²) in [5.74, 6) is -1.23. The van der Waals surface area contributed by atoms with Crippen molar-refractivity contribution in [1.29, 1.82) is 0 Å². The fourth-order valence-corrected chi connectivity index (χ4v) is 2.40. The highest BCUT2D eigenvalue weighted by Crippen LogP contribution is 2.21. The van der Waals surface area contributed by atoms with Crippen LogP contribution < -0.4 is 11.1 Å². The Balaban J connectivity index is 2.54. The molecule has 0 aliphatic carbocycles. The van der Waals surface area contributed by atoms with E-state index in [1.54, 1.807) is 18.2 Å². The normalized spacial score (nSPS) is 12.0. The molecule has 0 fully saturated rings. The molecule has 22 heavy (non-hydrogen) atoms. The number of carbonyl (C=O) groups is 3. The van der Waals surface area contributed by atoms with Gasteiger partial charge < -0.3 is 9.21 Å². The number of amides is 2. The first-order chi connectivity index (χ1) is 10.6. The molecule has 2 rings (SSSR count). The van der Waals surface area contributed by atoms with E-state index in [2.05, 4.69) is 5.32 Å². The quantitative estimate of drug-likeness (QED) is 0.768. The minimum atomic E-state index is -0.819. The van der Waals surface area contributed by atoms with E-state index in [0.717, 1.165) is 6.29 Å². The minimum absolute atomic E-state index is 0.217. The number of oxazole rings is 1. The second-order valence-corrected chi connectivity index (χ2v) is 4.84. The Hall–Kier alpha value is -2.70. The van der Waals surface area contributed by atoms with E-state index in [9.17, 15) is 19.2 Å². The van der Waals surface area contributed by atoms with Crippen LogP contribution in [0.2, 0.25) is 0 Å². The first-order valence-corrected chi connectivity index (χ1v) is 6.94. The Morgan fingerprint density at radius 3 is 2.82 bits per heavy atom. The number of aromatic nitrogens is 1. The Kier molecular flexibility index (Phi) is 4.88. The van der Waals surface area contributed by atoms with Crippen molar-refractivity contribution in [3.05, 3.63) is 34.3 Å². The van der Waals surface area contributed by atoms with E-state index in [-0.39, 0.29) is 6.42 Å². The average molecular weight is 304 g/mol. The van der Waals surface area contributed by atoms with Gasteiger partial charge in [0.15, 0.2) is 5.58 Å². The van der Waals surface area contributed by atoms with Crippen LogP contribution in [-0.4, -0.2) is 23.2 Å². The van der Waals surface area contributed by atoms with Gasteiger partial charge in [-0.15, -0.1) is 0 Å². The molecule has 2 amide bonds. The smallest absolute Gasteiger partial charge is 0.408 e. The number of imide groups is 1. The van der Waals surface area contributed by atoms with Gasteiger partial charge in [0.1, 0.15) is 12.3 Å². The highest BCUT2D eigenvalue weighted by atomic mass is 16.4. The molecule has 1 N–H and O–H groups in total. The number of benzene rings is 1. The summed E-state index contributed by atoms with van der Waals surface area (Å²) in [4.78, 5) is 45.1. The molecule has 1 heterocycles. The van der Waals surface area contributed by atoms with Crippen molar-refractivity contribution in [3.63, 3.8) is 0 Å². The highest BCUT2D eigenvalue weighted by Gasteiger charge is 2.24. The van der Waals surface area contributed by atoms with E-state index in [1.165, 1.54) is 4.57 Å². The van der Waals surface area contributed by atoms with Crippen LogP contribution in [0.4, 0.5) is 0 Å². The number of fused-ring (bicyclic) bond motifs is 1. The van der Waals surface area contributed by atoms with E-state index >= 15 is 0 Å². The molecule has 0 radical (unpaired) electrons. The second-order valence-electron chi connectivity index (χ2n) is 4.84. The molecule has 0 saturated carbocycles. The van der Waals surface area contributed by atoms with Gasteiger partial charge in [-0.05, 0) is 24.1 Å². The maximum Gasteiger partial charge on any atom is 0.420 e. The minimum Gasteiger partial charge on any atom is -0.408 e. The summed E-state index contributed by atoms with van der Waals surface area (Å²) in [6, 6.07) is 4.11. The summed E-state index contributed by atoms with van der Waals surface area (Å²) in [6.45, 7) is 1.87. The summed E-state index contributed by atoms with van der Waals surface area (Å²) >= 11 is 0. The molecule has 116 valence electrons. The van der Waals surface area contributed by atoms with Crippen LogP contribution in [0.25, 0.3) is 11.1 Å². The lowest BCUT2D eigenvalue weighted by molar-refractivity contribution is -0.128. The summed E-state index contributed by atoms with van der Waals surface area (Å²) in [5, 5.41) is 2.08. The molecular weight excluding hydrogens is 288 g/mol. The summed E-state index contributed by atoms with van der Waals surface area (Å²) < 4.78 is 6.40. The van der Waals surface area contributed by atoms with E-state index in [4.69, 9.17) is 4.42 Å². The average Bonchev–Trinajstić information content (AvgIpc) is 2.80. The number of rotatable bonds is 7. The fourth-order valence-electron chi connectivity index (χ4n) is 2.40. The summed E-state index contributed by atoms with van der Waals surface area (Å²) in [5.41, 5.74) is 1.48. The van der Waals surface area contributed by atoms with Crippen LogP contribution in [0.3, 0.4) is 0 Å². The first-order valence-electron chi connectivity index (χ1n) is 6.94. The molecule has 1 unspecified atom stereocenters. The lowest BCUT2D eigenvalue weighted by atomic mass is 10.1. The number of hydrogen-bond acceptors (Lipinski definition) is 5. The van der Waals surface area contributed by atoms with Crippen molar-refractivity contribution < 1.29 is 18.8 Å². The molecule has 2 aromatic rings. The molecule has 0 spiro atoms. The van der Waals surface area contributed by atoms with Gasteiger partial charge in [-0.25, -0.2) is 4.79 Å². The molecular formula is C15H16N2O5. The third-order valence-electron chi connectivity index (χ3n) is 3.37. The predicted molar refractivity (Wildman–Crippen MR) is 78.4 cm³/mol. The highest BCUT2D eigenvalue weighted by molar-refractivity contribution is 5.90. The Bertz CT molecular complexity index is 759. The maximum absolute atomic E-state index is 12.1. The molecule has 1 aromatic heterocycles. The van der Waals surface area contributed by atoms with Gasteiger partial charge in [0.2, 0.25) is 12.3 Å². The molecule has 1 atom stereocenters. The third kappa shape index (κ3) is 2.98. The number of hydrogen-bond donors (Lipinski definition) is 1. The van der Waals surface area contributed by atoms with Crippen molar-refractivity contribution in [3.8, 4) is 0 Å². The van der Waals surface area contributed by atoms with Crippen molar-refractivity contribution >= 4 is 29.7 Å². The van der Waals surface area contributed by atoms with Crippen molar-refractivity contribution in [2.24, 2.45) is 0 Å². The van der Waals surface area contributed by atoms with Gasteiger partial charge in [-0.3, -0.25) is 19.5 Å². The van der Waals surface area contributed by atoms with Crippen molar-refractivity contribution in [2.75, 3.05) is 0 Å². The summed E-state index contributed by atoms with van der Waals surface area (Å²) in [7, 11) is 0. The van der Waals surface area contributed by atoms with Gasteiger partial charge >= 0.3 is 5.76 Å².